The van der Waals surface area contributed by atoms with Crippen LogP contribution in [0.2, 0.25) is 0 Å². The smallest absolute Gasteiger partial charge is 0.135 e. The molecule has 236 valence electrons. The molecule has 10 aromatic carbocycles. The Morgan fingerprint density at radius 3 is 1.45 bits per heavy atom. The number of benzene rings is 10. The quantitative estimate of drug-likeness (QED) is 0.138. The molecule has 0 N–H and O–H groups in total. The van der Waals surface area contributed by atoms with E-state index in [2.05, 4.69) is 170 Å². The van der Waals surface area contributed by atoms with E-state index in [1.165, 1.54) is 87.2 Å². The standard InChI is InChI=1S/C50H30O/c1-2-12-32-27-33(22-21-31(32)11-1)44-28-34-23-24-35(29-45(34)38-14-4-3-13-37(38)44)49-40-16-5-7-18-42(40)50(43-19-8-6-17-41(43)49)36-25-26-48-46(30-36)39-15-9-10-20-47(39)51-48/h1-30H. The van der Waals surface area contributed by atoms with Crippen LogP contribution in [0.15, 0.2) is 186 Å². The van der Waals surface area contributed by atoms with Gasteiger partial charge < -0.3 is 4.42 Å². The molecule has 0 radical (unpaired) electrons. The van der Waals surface area contributed by atoms with Gasteiger partial charge in [0.15, 0.2) is 0 Å². The lowest BCUT2D eigenvalue weighted by atomic mass is 9.84. The van der Waals surface area contributed by atoms with Crippen LogP contribution in [0, 0.1) is 0 Å². The van der Waals surface area contributed by atoms with Crippen molar-refractivity contribution in [1.29, 1.82) is 0 Å². The van der Waals surface area contributed by atoms with Crippen molar-refractivity contribution in [3.8, 4) is 33.4 Å². The average Bonchev–Trinajstić information content (AvgIpc) is 3.57. The highest BCUT2D eigenvalue weighted by Gasteiger charge is 2.19. The van der Waals surface area contributed by atoms with Crippen molar-refractivity contribution >= 4 is 75.8 Å². The normalized spacial score (nSPS) is 11.9. The lowest BCUT2D eigenvalue weighted by Gasteiger charge is -2.18. The number of rotatable bonds is 3. The van der Waals surface area contributed by atoms with E-state index in [1.807, 2.05) is 12.1 Å². The maximum Gasteiger partial charge on any atom is 0.135 e. The van der Waals surface area contributed by atoms with Crippen LogP contribution in [0.1, 0.15) is 0 Å². The van der Waals surface area contributed by atoms with Gasteiger partial charge in [0, 0.05) is 10.8 Å². The predicted octanol–water partition coefficient (Wildman–Crippen LogP) is 14.4. The van der Waals surface area contributed by atoms with E-state index >= 15 is 0 Å². The molecule has 0 fully saturated rings. The van der Waals surface area contributed by atoms with Crippen molar-refractivity contribution in [3.05, 3.63) is 182 Å². The molecule has 0 saturated carbocycles. The van der Waals surface area contributed by atoms with Gasteiger partial charge in [0.05, 0.1) is 0 Å². The summed E-state index contributed by atoms with van der Waals surface area (Å²) in [6.45, 7) is 0. The van der Waals surface area contributed by atoms with E-state index in [1.54, 1.807) is 0 Å². The second kappa shape index (κ2) is 10.9. The van der Waals surface area contributed by atoms with Gasteiger partial charge in [-0.3, -0.25) is 0 Å². The molecule has 1 heterocycles. The lowest BCUT2D eigenvalue weighted by molar-refractivity contribution is 0.669. The zero-order valence-electron chi connectivity index (χ0n) is 27.7. The van der Waals surface area contributed by atoms with Gasteiger partial charge in [-0.1, -0.05) is 146 Å². The molecule has 0 spiro atoms. The van der Waals surface area contributed by atoms with Gasteiger partial charge in [-0.05, 0) is 124 Å². The Labute approximate surface area is 294 Å². The Morgan fingerprint density at radius 2 is 0.745 bits per heavy atom. The fourth-order valence-corrected chi connectivity index (χ4v) is 8.48. The second-order valence-electron chi connectivity index (χ2n) is 13.6. The summed E-state index contributed by atoms with van der Waals surface area (Å²) < 4.78 is 6.21. The summed E-state index contributed by atoms with van der Waals surface area (Å²) in [5.41, 5.74) is 9.28. The zero-order valence-corrected chi connectivity index (χ0v) is 27.7. The Kier molecular flexibility index (Phi) is 6.02. The van der Waals surface area contributed by atoms with Crippen molar-refractivity contribution in [1.82, 2.24) is 0 Å². The van der Waals surface area contributed by atoms with Crippen molar-refractivity contribution in [3.63, 3.8) is 0 Å². The molecule has 0 aliphatic heterocycles. The topological polar surface area (TPSA) is 13.1 Å². The van der Waals surface area contributed by atoms with Crippen molar-refractivity contribution in [2.24, 2.45) is 0 Å². The average molecular weight is 647 g/mol. The van der Waals surface area contributed by atoms with Gasteiger partial charge >= 0.3 is 0 Å². The predicted molar refractivity (Wildman–Crippen MR) is 218 cm³/mol. The molecule has 0 saturated heterocycles. The van der Waals surface area contributed by atoms with Gasteiger partial charge in [0.1, 0.15) is 11.2 Å². The van der Waals surface area contributed by atoms with Crippen LogP contribution < -0.4 is 0 Å². The summed E-state index contributed by atoms with van der Waals surface area (Å²) >= 11 is 0. The summed E-state index contributed by atoms with van der Waals surface area (Å²) in [5.74, 6) is 0. The SMILES string of the molecule is c1ccc2cc(-c3cc4ccc(-c5c6ccccc6c(-c6ccc7oc8ccccc8c7c6)c6ccccc56)cc4c4ccccc34)ccc2c1. The van der Waals surface area contributed by atoms with Gasteiger partial charge in [-0.25, -0.2) is 0 Å². The fraction of sp³-hybridized carbons (Fsp3) is 0. The molecule has 11 aromatic rings. The summed E-state index contributed by atoms with van der Waals surface area (Å²) in [6, 6.07) is 66.5. The molecule has 1 aromatic heterocycles. The van der Waals surface area contributed by atoms with E-state index in [9.17, 15) is 0 Å². The van der Waals surface area contributed by atoms with Crippen LogP contribution >= 0.6 is 0 Å². The number of hydrogen-bond acceptors (Lipinski definition) is 1. The molecule has 0 aliphatic carbocycles. The number of fused-ring (bicyclic) bond motifs is 9. The minimum atomic E-state index is 0.914. The maximum absolute atomic E-state index is 6.21. The fourth-order valence-electron chi connectivity index (χ4n) is 8.48. The third kappa shape index (κ3) is 4.28. The number of furan rings is 1. The molecule has 0 unspecified atom stereocenters. The first kappa shape index (κ1) is 28.2. The molecule has 0 aliphatic rings. The highest BCUT2D eigenvalue weighted by Crippen LogP contribution is 2.46. The minimum Gasteiger partial charge on any atom is -0.456 e. The number of hydrogen-bond donors (Lipinski definition) is 0. The Morgan fingerprint density at radius 1 is 0.255 bits per heavy atom. The van der Waals surface area contributed by atoms with Crippen LogP contribution in [0.3, 0.4) is 0 Å². The first-order valence-electron chi connectivity index (χ1n) is 17.6. The van der Waals surface area contributed by atoms with Crippen LogP contribution in [0.5, 0.6) is 0 Å². The first-order chi connectivity index (χ1) is 25.3. The summed E-state index contributed by atoms with van der Waals surface area (Å²) in [5, 5.41) is 14.8. The largest absolute Gasteiger partial charge is 0.456 e. The van der Waals surface area contributed by atoms with Crippen molar-refractivity contribution in [2.75, 3.05) is 0 Å². The Balaban J connectivity index is 1.16. The van der Waals surface area contributed by atoms with E-state index in [0.29, 0.717) is 0 Å². The van der Waals surface area contributed by atoms with Crippen LogP contribution in [0.4, 0.5) is 0 Å². The molecule has 11 rings (SSSR count). The van der Waals surface area contributed by atoms with E-state index in [0.717, 1.165) is 21.9 Å². The van der Waals surface area contributed by atoms with Gasteiger partial charge in [0.2, 0.25) is 0 Å². The minimum absolute atomic E-state index is 0.914. The maximum atomic E-state index is 6.21. The van der Waals surface area contributed by atoms with Gasteiger partial charge in [-0.2, -0.15) is 0 Å². The summed E-state index contributed by atoms with van der Waals surface area (Å²) in [7, 11) is 0. The molecule has 1 nitrogen and oxygen atoms in total. The summed E-state index contributed by atoms with van der Waals surface area (Å²) in [6.07, 6.45) is 0. The molecule has 0 bridgehead atoms. The molecule has 1 heteroatoms. The van der Waals surface area contributed by atoms with E-state index in [4.69, 9.17) is 4.42 Å². The van der Waals surface area contributed by atoms with Crippen LogP contribution in [-0.4, -0.2) is 0 Å². The van der Waals surface area contributed by atoms with Crippen molar-refractivity contribution in [2.45, 2.75) is 0 Å². The van der Waals surface area contributed by atoms with Crippen molar-refractivity contribution < 1.29 is 4.42 Å². The molecule has 0 amide bonds. The van der Waals surface area contributed by atoms with Crippen LogP contribution in [-0.2, 0) is 0 Å². The second-order valence-corrected chi connectivity index (χ2v) is 13.6. The molecular formula is C50H30O. The molecular weight excluding hydrogens is 617 g/mol. The van der Waals surface area contributed by atoms with E-state index < -0.39 is 0 Å². The Bertz CT molecular complexity index is 3140. The third-order valence-electron chi connectivity index (χ3n) is 10.8. The third-order valence-corrected chi connectivity index (χ3v) is 10.8. The Hall–Kier alpha value is -6.70. The lowest BCUT2D eigenvalue weighted by Crippen LogP contribution is -1.91. The zero-order chi connectivity index (χ0) is 33.5. The summed E-state index contributed by atoms with van der Waals surface area (Å²) in [4.78, 5) is 0. The van der Waals surface area contributed by atoms with Gasteiger partial charge in [-0.15, -0.1) is 0 Å². The molecule has 0 atom stereocenters. The molecule has 51 heavy (non-hydrogen) atoms. The number of para-hydroxylation sites is 1. The van der Waals surface area contributed by atoms with Gasteiger partial charge in [0.25, 0.3) is 0 Å². The highest BCUT2D eigenvalue weighted by molar-refractivity contribution is 6.23. The first-order valence-corrected chi connectivity index (χ1v) is 17.6. The van der Waals surface area contributed by atoms with E-state index in [-0.39, 0.29) is 0 Å². The van der Waals surface area contributed by atoms with Crippen LogP contribution in [0.25, 0.3) is 109 Å². The highest BCUT2D eigenvalue weighted by atomic mass is 16.3. The monoisotopic (exact) mass is 646 g/mol.